The maximum absolute atomic E-state index is 9.20. The summed E-state index contributed by atoms with van der Waals surface area (Å²) in [6.07, 6.45) is 1.98. The molecule has 6 aromatic rings. The molecule has 0 unspecified atom stereocenters. The highest BCUT2D eigenvalue weighted by molar-refractivity contribution is 6.64. The Morgan fingerprint density at radius 1 is 0.500 bits per heavy atom. The Bertz CT molecular complexity index is 1900. The van der Waals surface area contributed by atoms with Crippen molar-refractivity contribution in [3.63, 3.8) is 0 Å². The summed E-state index contributed by atoms with van der Waals surface area (Å²) in [5, 5.41) is 19.2. The second kappa shape index (κ2) is 9.64. The van der Waals surface area contributed by atoms with Crippen LogP contribution in [-0.4, -0.2) is 26.4 Å². The van der Waals surface area contributed by atoms with Crippen molar-refractivity contribution in [1.29, 1.82) is 10.8 Å². The van der Waals surface area contributed by atoms with Gasteiger partial charge in [0.1, 0.15) is 0 Å². The Morgan fingerprint density at radius 3 is 1.77 bits per heavy atom. The van der Waals surface area contributed by atoms with Crippen molar-refractivity contribution in [3.8, 4) is 33.9 Å². The normalized spacial score (nSPS) is 12.8. The number of nitrogens with zero attached hydrogens (tertiary/aromatic N) is 3. The first-order valence-corrected chi connectivity index (χ1v) is 13.1. The Balaban J connectivity index is 1.51. The predicted octanol–water partition coefficient (Wildman–Crippen LogP) is 7.97. The number of pyridine rings is 1. The van der Waals surface area contributed by atoms with Crippen LogP contribution in [0.15, 0.2) is 121 Å². The van der Waals surface area contributed by atoms with Crippen molar-refractivity contribution in [2.24, 2.45) is 0 Å². The fourth-order valence-electron chi connectivity index (χ4n) is 5.19. The summed E-state index contributed by atoms with van der Waals surface area (Å²) in [4.78, 5) is 14.9. The summed E-state index contributed by atoms with van der Waals surface area (Å²) in [5.74, 6) is 0.572. The van der Waals surface area contributed by atoms with Crippen LogP contribution in [0.25, 0.3) is 56.5 Å². The van der Waals surface area contributed by atoms with E-state index in [4.69, 9.17) is 20.4 Å². The molecule has 0 saturated carbocycles. The summed E-state index contributed by atoms with van der Waals surface area (Å²) in [6, 6.07) is 39.6. The lowest BCUT2D eigenvalue weighted by atomic mass is 9.83. The van der Waals surface area contributed by atoms with Gasteiger partial charge in [0, 0.05) is 38.8 Å². The van der Waals surface area contributed by atoms with Gasteiger partial charge in [0.05, 0.1) is 34.0 Å². The maximum atomic E-state index is 9.20. The van der Waals surface area contributed by atoms with Crippen LogP contribution in [0.3, 0.4) is 0 Å². The van der Waals surface area contributed by atoms with Gasteiger partial charge in [0.15, 0.2) is 5.82 Å². The Kier molecular flexibility index (Phi) is 5.68. The molecule has 2 aromatic heterocycles. The Hall–Kier alpha value is -5.55. The highest BCUT2D eigenvalue weighted by Crippen LogP contribution is 2.38. The first-order valence-electron chi connectivity index (χ1n) is 13.1. The molecule has 2 N–H and O–H groups in total. The van der Waals surface area contributed by atoms with Crippen molar-refractivity contribution < 1.29 is 0 Å². The third-order valence-electron chi connectivity index (χ3n) is 7.14. The van der Waals surface area contributed by atoms with Gasteiger partial charge in [-0.1, -0.05) is 109 Å². The number of para-hydroxylation sites is 1. The molecule has 0 radical (unpaired) electrons. The van der Waals surface area contributed by atoms with E-state index in [2.05, 4.69) is 0 Å². The Labute approximate surface area is 231 Å². The SMILES string of the molecule is N=C1C(=N)c2c(c(-c3ccccc3)nc3ccccc23)C=C1c1cc(-c2ccccc2)nc(-c2ccccc2)n1. The first kappa shape index (κ1) is 23.6. The first-order chi connectivity index (χ1) is 19.7. The standard InChI is InChI=1S/C35H23N5/c36-32-26(30-21-29(22-12-4-1-5-13-22)39-35(40-30)24-16-8-3-9-17-24)20-27-31(33(32)37)25-18-10-11-19-28(25)38-34(27)23-14-6-2-7-15-23/h1-21,36-37H. The molecule has 0 aliphatic heterocycles. The fraction of sp³-hybridized carbons (Fsp3) is 0. The lowest BCUT2D eigenvalue weighted by Gasteiger charge is -2.23. The van der Waals surface area contributed by atoms with Crippen molar-refractivity contribution in [2.75, 3.05) is 0 Å². The number of benzene rings is 4. The Morgan fingerprint density at radius 2 is 1.07 bits per heavy atom. The molecule has 5 heteroatoms. The van der Waals surface area contributed by atoms with Crippen molar-refractivity contribution >= 4 is 34.0 Å². The zero-order valence-electron chi connectivity index (χ0n) is 21.5. The molecule has 1 aliphatic rings. The second-order valence-corrected chi connectivity index (χ2v) is 9.63. The van der Waals surface area contributed by atoms with E-state index in [-0.39, 0.29) is 11.4 Å². The summed E-state index contributed by atoms with van der Waals surface area (Å²) in [5.41, 5.74) is 8.14. The van der Waals surface area contributed by atoms with Gasteiger partial charge in [-0.3, -0.25) is 10.8 Å². The molecule has 0 bridgehead atoms. The fourth-order valence-corrected chi connectivity index (χ4v) is 5.19. The van der Waals surface area contributed by atoms with Crippen LogP contribution in [0.2, 0.25) is 0 Å². The zero-order chi connectivity index (χ0) is 27.1. The van der Waals surface area contributed by atoms with Gasteiger partial charge in [0.2, 0.25) is 0 Å². The average Bonchev–Trinajstić information content (AvgIpc) is 3.03. The summed E-state index contributed by atoms with van der Waals surface area (Å²) in [6.45, 7) is 0. The second-order valence-electron chi connectivity index (χ2n) is 9.63. The van der Waals surface area contributed by atoms with Crippen molar-refractivity contribution in [2.45, 2.75) is 0 Å². The summed E-state index contributed by atoms with van der Waals surface area (Å²) in [7, 11) is 0. The number of nitrogens with one attached hydrogen (secondary N) is 2. The van der Waals surface area contributed by atoms with E-state index < -0.39 is 0 Å². The highest BCUT2D eigenvalue weighted by atomic mass is 14.9. The van der Waals surface area contributed by atoms with Crippen molar-refractivity contribution in [1.82, 2.24) is 15.0 Å². The molecule has 5 nitrogen and oxygen atoms in total. The molecule has 4 aromatic carbocycles. The number of allylic oxidation sites excluding steroid dienone is 1. The van der Waals surface area contributed by atoms with E-state index in [0.29, 0.717) is 17.1 Å². The van der Waals surface area contributed by atoms with Gasteiger partial charge in [0.25, 0.3) is 0 Å². The summed E-state index contributed by atoms with van der Waals surface area (Å²) < 4.78 is 0. The third kappa shape index (κ3) is 4.01. The van der Waals surface area contributed by atoms with Gasteiger partial charge in [-0.05, 0) is 18.2 Å². The minimum absolute atomic E-state index is 0.125. The smallest absolute Gasteiger partial charge is 0.160 e. The molecule has 0 atom stereocenters. The molecule has 0 spiro atoms. The monoisotopic (exact) mass is 513 g/mol. The topological polar surface area (TPSA) is 86.4 Å². The summed E-state index contributed by atoms with van der Waals surface area (Å²) >= 11 is 0. The van der Waals surface area contributed by atoms with Gasteiger partial charge in [-0.2, -0.15) is 0 Å². The average molecular weight is 514 g/mol. The van der Waals surface area contributed by atoms with E-state index in [1.165, 1.54) is 0 Å². The lowest BCUT2D eigenvalue weighted by molar-refractivity contribution is 1.16. The van der Waals surface area contributed by atoms with Gasteiger partial charge in [-0.25, -0.2) is 15.0 Å². The van der Waals surface area contributed by atoms with E-state index >= 15 is 0 Å². The van der Waals surface area contributed by atoms with Crippen LogP contribution >= 0.6 is 0 Å². The number of fused-ring (bicyclic) bond motifs is 3. The molecule has 40 heavy (non-hydrogen) atoms. The number of aromatic nitrogens is 3. The van der Waals surface area contributed by atoms with E-state index in [1.54, 1.807) is 0 Å². The van der Waals surface area contributed by atoms with Crippen LogP contribution in [0.4, 0.5) is 0 Å². The lowest BCUT2D eigenvalue weighted by Crippen LogP contribution is -2.22. The minimum Gasteiger partial charge on any atom is -0.298 e. The molecule has 188 valence electrons. The molecular formula is C35H23N5. The van der Waals surface area contributed by atoms with Gasteiger partial charge in [-0.15, -0.1) is 0 Å². The van der Waals surface area contributed by atoms with E-state index in [1.807, 2.05) is 127 Å². The van der Waals surface area contributed by atoms with Crippen LogP contribution in [-0.2, 0) is 0 Å². The van der Waals surface area contributed by atoms with Gasteiger partial charge < -0.3 is 0 Å². The highest BCUT2D eigenvalue weighted by Gasteiger charge is 2.29. The predicted molar refractivity (Wildman–Crippen MR) is 163 cm³/mol. The third-order valence-corrected chi connectivity index (χ3v) is 7.14. The van der Waals surface area contributed by atoms with Crippen molar-refractivity contribution in [3.05, 3.63) is 138 Å². The molecule has 0 saturated heterocycles. The molecular weight excluding hydrogens is 490 g/mol. The molecule has 1 aliphatic carbocycles. The minimum atomic E-state index is 0.125. The van der Waals surface area contributed by atoms with Gasteiger partial charge >= 0.3 is 0 Å². The molecule has 0 fully saturated rings. The number of rotatable bonds is 4. The number of hydrogen-bond acceptors (Lipinski definition) is 5. The number of hydrogen-bond donors (Lipinski definition) is 2. The molecule has 0 amide bonds. The van der Waals surface area contributed by atoms with E-state index in [9.17, 15) is 5.41 Å². The van der Waals surface area contributed by atoms with Crippen LogP contribution in [0.1, 0.15) is 16.8 Å². The zero-order valence-corrected chi connectivity index (χ0v) is 21.5. The van der Waals surface area contributed by atoms with Crippen LogP contribution in [0, 0.1) is 10.8 Å². The largest absolute Gasteiger partial charge is 0.298 e. The molecule has 2 heterocycles. The van der Waals surface area contributed by atoms with E-state index in [0.717, 1.165) is 50.1 Å². The van der Waals surface area contributed by atoms with Crippen LogP contribution in [0.5, 0.6) is 0 Å². The quantitative estimate of drug-likeness (QED) is 0.251. The molecule has 7 rings (SSSR count). The van der Waals surface area contributed by atoms with Crippen LogP contribution < -0.4 is 0 Å². The maximum Gasteiger partial charge on any atom is 0.160 e.